The molecule has 0 aromatic heterocycles. The molecule has 0 saturated heterocycles. The highest BCUT2D eigenvalue weighted by Gasteiger charge is 2.15. The monoisotopic (exact) mass is 348 g/mol. The number of benzene rings is 1. The van der Waals surface area contributed by atoms with Crippen LogP contribution in [0.2, 0.25) is 0 Å². The quantitative estimate of drug-likeness (QED) is 0.786. The van der Waals surface area contributed by atoms with Crippen LogP contribution in [0.5, 0.6) is 0 Å². The molecule has 1 aromatic rings. The smallest absolute Gasteiger partial charge is 0.319 e. The lowest BCUT2D eigenvalue weighted by molar-refractivity contribution is 0.244. The van der Waals surface area contributed by atoms with Gasteiger partial charge >= 0.3 is 6.03 Å². The van der Waals surface area contributed by atoms with E-state index >= 15 is 0 Å². The predicted molar refractivity (Wildman–Crippen MR) is 73.7 cm³/mol. The second-order valence-electron chi connectivity index (χ2n) is 4.43. The van der Waals surface area contributed by atoms with Gasteiger partial charge in [-0.1, -0.05) is 6.07 Å². The van der Waals surface area contributed by atoms with Crippen molar-refractivity contribution < 1.29 is 4.79 Å². The largest absolute Gasteiger partial charge is 0.333 e. The van der Waals surface area contributed by atoms with Crippen LogP contribution in [0.25, 0.3) is 0 Å². The van der Waals surface area contributed by atoms with Crippen molar-refractivity contribution in [3.05, 3.63) is 27.1 Å². The number of nitrogens with one attached hydrogen (secondary N) is 2. The number of anilines is 1. The number of halogens is 2. The minimum atomic E-state index is -0.252. The third-order valence-corrected chi connectivity index (χ3v) is 3.01. The summed E-state index contributed by atoms with van der Waals surface area (Å²) < 4.78 is 1.68. The Bertz CT molecular complexity index is 379. The highest BCUT2D eigenvalue weighted by molar-refractivity contribution is 9.11. The Kier molecular flexibility index (Phi) is 4.38. The zero-order valence-electron chi connectivity index (χ0n) is 9.40. The van der Waals surface area contributed by atoms with Gasteiger partial charge in [0.1, 0.15) is 0 Å². The fourth-order valence-electron chi connectivity index (χ4n) is 1.10. The maximum absolute atomic E-state index is 11.7. The summed E-state index contributed by atoms with van der Waals surface area (Å²) >= 11 is 6.77. The Labute approximate surface area is 112 Å². The number of amides is 2. The SMILES string of the molecule is CC(C)(C)NC(=O)Nc1c(Br)cccc1Br. The molecule has 0 heterocycles. The summed E-state index contributed by atoms with van der Waals surface area (Å²) in [5.41, 5.74) is 0.474. The molecule has 0 saturated carbocycles. The van der Waals surface area contributed by atoms with Crippen LogP contribution in [0.4, 0.5) is 10.5 Å². The zero-order valence-corrected chi connectivity index (χ0v) is 12.6. The van der Waals surface area contributed by atoms with Gasteiger partial charge in [0.2, 0.25) is 0 Å². The number of urea groups is 1. The molecule has 0 aliphatic carbocycles. The standard InChI is InChI=1S/C11H14Br2N2O/c1-11(2,3)15-10(16)14-9-7(12)5-4-6-8(9)13/h4-6H,1-3H3,(H2,14,15,16). The molecular weight excluding hydrogens is 336 g/mol. The van der Waals surface area contributed by atoms with Gasteiger partial charge in [-0.05, 0) is 64.8 Å². The topological polar surface area (TPSA) is 41.1 Å². The lowest BCUT2D eigenvalue weighted by atomic mass is 10.1. The first-order chi connectivity index (χ1) is 7.29. The molecule has 0 spiro atoms. The first kappa shape index (κ1) is 13.5. The summed E-state index contributed by atoms with van der Waals surface area (Å²) in [4.78, 5) is 11.7. The molecule has 1 aromatic carbocycles. The van der Waals surface area contributed by atoms with Crippen LogP contribution in [-0.4, -0.2) is 11.6 Å². The van der Waals surface area contributed by atoms with Crippen LogP contribution in [0.15, 0.2) is 27.1 Å². The van der Waals surface area contributed by atoms with Crippen molar-refractivity contribution in [2.75, 3.05) is 5.32 Å². The van der Waals surface area contributed by atoms with Crippen LogP contribution in [-0.2, 0) is 0 Å². The molecule has 88 valence electrons. The Balaban J connectivity index is 2.78. The summed E-state index contributed by atoms with van der Waals surface area (Å²) in [5, 5.41) is 5.62. The van der Waals surface area contributed by atoms with E-state index < -0.39 is 0 Å². The van der Waals surface area contributed by atoms with Gasteiger partial charge in [0, 0.05) is 14.5 Å². The Morgan fingerprint density at radius 2 is 1.69 bits per heavy atom. The van der Waals surface area contributed by atoms with Crippen molar-refractivity contribution in [2.24, 2.45) is 0 Å². The highest BCUT2D eigenvalue weighted by atomic mass is 79.9. The predicted octanol–water partition coefficient (Wildman–Crippen LogP) is 4.13. The number of carbonyl (C=O) groups is 1. The maximum atomic E-state index is 11.7. The van der Waals surface area contributed by atoms with Crippen LogP contribution >= 0.6 is 31.9 Å². The Hall–Kier alpha value is -0.550. The number of carbonyl (C=O) groups excluding carboxylic acids is 1. The van der Waals surface area contributed by atoms with Crippen molar-refractivity contribution in [1.82, 2.24) is 5.32 Å². The van der Waals surface area contributed by atoms with Gasteiger partial charge in [0.15, 0.2) is 0 Å². The molecule has 0 unspecified atom stereocenters. The number of hydrogen-bond donors (Lipinski definition) is 2. The molecule has 0 bridgehead atoms. The average Bonchev–Trinajstić information content (AvgIpc) is 2.08. The molecule has 3 nitrogen and oxygen atoms in total. The summed E-state index contributed by atoms with van der Waals surface area (Å²) in [5.74, 6) is 0. The summed E-state index contributed by atoms with van der Waals surface area (Å²) in [6, 6.07) is 5.41. The summed E-state index contributed by atoms with van der Waals surface area (Å²) in [6.07, 6.45) is 0. The second-order valence-corrected chi connectivity index (χ2v) is 6.13. The molecule has 0 atom stereocenters. The van der Waals surface area contributed by atoms with E-state index in [1.807, 2.05) is 39.0 Å². The van der Waals surface area contributed by atoms with Gasteiger partial charge in [0.25, 0.3) is 0 Å². The molecule has 2 amide bonds. The molecule has 5 heteroatoms. The number of para-hydroxylation sites is 1. The Morgan fingerprint density at radius 1 is 1.19 bits per heavy atom. The summed E-state index contributed by atoms with van der Waals surface area (Å²) in [7, 11) is 0. The minimum Gasteiger partial charge on any atom is -0.333 e. The molecule has 2 N–H and O–H groups in total. The van der Waals surface area contributed by atoms with Crippen molar-refractivity contribution in [2.45, 2.75) is 26.3 Å². The first-order valence-electron chi connectivity index (χ1n) is 4.83. The summed E-state index contributed by atoms with van der Waals surface area (Å²) in [6.45, 7) is 5.80. The number of rotatable bonds is 1. The van der Waals surface area contributed by atoms with Gasteiger partial charge in [-0.2, -0.15) is 0 Å². The highest BCUT2D eigenvalue weighted by Crippen LogP contribution is 2.30. The normalized spacial score (nSPS) is 11.1. The van der Waals surface area contributed by atoms with Crippen molar-refractivity contribution in [3.8, 4) is 0 Å². The van der Waals surface area contributed by atoms with E-state index in [9.17, 15) is 4.79 Å². The first-order valence-corrected chi connectivity index (χ1v) is 6.41. The van der Waals surface area contributed by atoms with E-state index in [-0.39, 0.29) is 11.6 Å². The van der Waals surface area contributed by atoms with Gasteiger partial charge < -0.3 is 10.6 Å². The van der Waals surface area contributed by atoms with Crippen LogP contribution in [0, 0.1) is 0 Å². The molecule has 0 aliphatic heterocycles. The van der Waals surface area contributed by atoms with Crippen molar-refractivity contribution >= 4 is 43.6 Å². The molecule has 0 fully saturated rings. The second kappa shape index (κ2) is 5.19. The van der Waals surface area contributed by atoms with Crippen molar-refractivity contribution in [3.63, 3.8) is 0 Å². The van der Waals surface area contributed by atoms with Crippen LogP contribution in [0.3, 0.4) is 0 Å². The fraction of sp³-hybridized carbons (Fsp3) is 0.364. The molecule has 0 aliphatic rings. The number of hydrogen-bond acceptors (Lipinski definition) is 1. The van der Waals surface area contributed by atoms with E-state index in [1.165, 1.54) is 0 Å². The maximum Gasteiger partial charge on any atom is 0.319 e. The lowest BCUT2D eigenvalue weighted by Crippen LogP contribution is -2.43. The zero-order chi connectivity index (χ0) is 12.3. The van der Waals surface area contributed by atoms with E-state index in [1.54, 1.807) is 0 Å². The van der Waals surface area contributed by atoms with Gasteiger partial charge in [-0.25, -0.2) is 4.79 Å². The van der Waals surface area contributed by atoms with E-state index in [4.69, 9.17) is 0 Å². The van der Waals surface area contributed by atoms with E-state index in [0.29, 0.717) is 0 Å². The van der Waals surface area contributed by atoms with Crippen molar-refractivity contribution in [1.29, 1.82) is 0 Å². The van der Waals surface area contributed by atoms with Gasteiger partial charge in [-0.3, -0.25) is 0 Å². The molecule has 16 heavy (non-hydrogen) atoms. The molecule has 1 rings (SSSR count). The third kappa shape index (κ3) is 4.14. The molecule has 0 radical (unpaired) electrons. The van der Waals surface area contributed by atoms with E-state index in [2.05, 4.69) is 42.5 Å². The minimum absolute atomic E-state index is 0.222. The third-order valence-electron chi connectivity index (χ3n) is 1.69. The average molecular weight is 350 g/mol. The van der Waals surface area contributed by atoms with Gasteiger partial charge in [0.05, 0.1) is 5.69 Å². The Morgan fingerprint density at radius 3 is 2.12 bits per heavy atom. The molecular formula is C11H14Br2N2O. The van der Waals surface area contributed by atoms with E-state index in [0.717, 1.165) is 14.6 Å². The fourth-order valence-corrected chi connectivity index (χ4v) is 2.30. The van der Waals surface area contributed by atoms with Crippen LogP contribution in [0.1, 0.15) is 20.8 Å². The van der Waals surface area contributed by atoms with Crippen LogP contribution < -0.4 is 10.6 Å². The van der Waals surface area contributed by atoms with Gasteiger partial charge in [-0.15, -0.1) is 0 Å². The lowest BCUT2D eigenvalue weighted by Gasteiger charge is -2.21.